The Balaban J connectivity index is 2.18. The van der Waals surface area contributed by atoms with Gasteiger partial charge in [0.2, 0.25) is 0 Å². The molecule has 1 aromatic carbocycles. The number of rotatable bonds is 1. The SMILES string of the molecule is C[C@H]1CCCN(C(=O)c2ccc(Cl)cc2Cl)C1. The molecule has 0 spiro atoms. The van der Waals surface area contributed by atoms with Crippen molar-refractivity contribution in [3.63, 3.8) is 0 Å². The van der Waals surface area contributed by atoms with Crippen LogP contribution >= 0.6 is 23.2 Å². The van der Waals surface area contributed by atoms with Gasteiger partial charge >= 0.3 is 0 Å². The van der Waals surface area contributed by atoms with Gasteiger partial charge in [-0.05, 0) is 37.0 Å². The molecule has 17 heavy (non-hydrogen) atoms. The topological polar surface area (TPSA) is 20.3 Å². The summed E-state index contributed by atoms with van der Waals surface area (Å²) in [6.07, 6.45) is 2.26. The Bertz CT molecular complexity index is 433. The fourth-order valence-corrected chi connectivity index (χ4v) is 2.70. The molecule has 0 bridgehead atoms. The third-order valence-corrected chi connectivity index (χ3v) is 3.65. The Morgan fingerprint density at radius 1 is 1.41 bits per heavy atom. The zero-order valence-electron chi connectivity index (χ0n) is 9.75. The molecule has 2 nitrogen and oxygen atoms in total. The molecule has 1 amide bonds. The van der Waals surface area contributed by atoms with Crippen LogP contribution in [0.3, 0.4) is 0 Å². The van der Waals surface area contributed by atoms with Gasteiger partial charge in [0, 0.05) is 18.1 Å². The highest BCUT2D eigenvalue weighted by molar-refractivity contribution is 6.36. The molecule has 0 N–H and O–H groups in total. The molecule has 92 valence electrons. The van der Waals surface area contributed by atoms with E-state index in [9.17, 15) is 4.79 Å². The van der Waals surface area contributed by atoms with Crippen LogP contribution in [0, 0.1) is 5.92 Å². The Morgan fingerprint density at radius 2 is 2.18 bits per heavy atom. The lowest BCUT2D eigenvalue weighted by Gasteiger charge is -2.31. The fraction of sp³-hybridized carbons (Fsp3) is 0.462. The van der Waals surface area contributed by atoms with Crippen LogP contribution in [0.2, 0.25) is 10.0 Å². The van der Waals surface area contributed by atoms with E-state index >= 15 is 0 Å². The van der Waals surface area contributed by atoms with Crippen LogP contribution in [0.1, 0.15) is 30.1 Å². The van der Waals surface area contributed by atoms with E-state index in [2.05, 4.69) is 6.92 Å². The van der Waals surface area contributed by atoms with Crippen LogP contribution in [0.25, 0.3) is 0 Å². The Labute approximate surface area is 112 Å². The minimum atomic E-state index is 0.0122. The van der Waals surface area contributed by atoms with Crippen LogP contribution in [-0.2, 0) is 0 Å². The van der Waals surface area contributed by atoms with Crippen LogP contribution in [0.5, 0.6) is 0 Å². The Kier molecular flexibility index (Phi) is 3.95. The first-order valence-corrected chi connectivity index (χ1v) is 6.58. The summed E-state index contributed by atoms with van der Waals surface area (Å²) >= 11 is 11.9. The standard InChI is InChI=1S/C13H15Cl2NO/c1-9-3-2-6-16(8-9)13(17)11-5-4-10(14)7-12(11)15/h4-5,7,9H,2-3,6,8H2,1H3/t9-/m0/s1. The van der Waals surface area contributed by atoms with Crippen molar-refractivity contribution in [3.8, 4) is 0 Å². The van der Waals surface area contributed by atoms with Crippen LogP contribution in [0.15, 0.2) is 18.2 Å². The number of benzene rings is 1. The molecule has 1 heterocycles. The summed E-state index contributed by atoms with van der Waals surface area (Å²) in [5.41, 5.74) is 0.546. The number of amides is 1. The van der Waals surface area contributed by atoms with E-state index in [1.807, 2.05) is 4.90 Å². The zero-order valence-corrected chi connectivity index (χ0v) is 11.3. The number of likely N-dealkylation sites (tertiary alicyclic amines) is 1. The molecule has 1 saturated heterocycles. The molecule has 1 aliphatic heterocycles. The molecule has 0 aromatic heterocycles. The Hall–Kier alpha value is -0.730. The van der Waals surface area contributed by atoms with E-state index in [1.54, 1.807) is 18.2 Å². The number of carbonyl (C=O) groups excluding carboxylic acids is 1. The second-order valence-electron chi connectivity index (χ2n) is 4.62. The van der Waals surface area contributed by atoms with Gasteiger partial charge in [0.05, 0.1) is 10.6 Å². The van der Waals surface area contributed by atoms with Gasteiger partial charge in [0.15, 0.2) is 0 Å². The highest BCUT2D eigenvalue weighted by Gasteiger charge is 2.23. The number of hydrogen-bond donors (Lipinski definition) is 0. The van der Waals surface area contributed by atoms with Crippen LogP contribution in [-0.4, -0.2) is 23.9 Å². The van der Waals surface area contributed by atoms with E-state index in [0.717, 1.165) is 19.5 Å². The monoisotopic (exact) mass is 271 g/mol. The predicted octanol–water partition coefficient (Wildman–Crippen LogP) is 3.87. The van der Waals surface area contributed by atoms with Crippen molar-refractivity contribution < 1.29 is 4.79 Å². The molecule has 1 atom stereocenters. The molecule has 4 heteroatoms. The fourth-order valence-electron chi connectivity index (χ4n) is 2.21. The van der Waals surface area contributed by atoms with Crippen LogP contribution < -0.4 is 0 Å². The summed E-state index contributed by atoms with van der Waals surface area (Å²) in [7, 11) is 0. The minimum absolute atomic E-state index is 0.0122. The van der Waals surface area contributed by atoms with E-state index in [-0.39, 0.29) is 5.91 Å². The van der Waals surface area contributed by atoms with Gasteiger partial charge in [-0.2, -0.15) is 0 Å². The van der Waals surface area contributed by atoms with Crippen molar-refractivity contribution >= 4 is 29.1 Å². The summed E-state index contributed by atoms with van der Waals surface area (Å²) in [6.45, 7) is 3.81. The minimum Gasteiger partial charge on any atom is -0.338 e. The van der Waals surface area contributed by atoms with Crippen molar-refractivity contribution in [3.05, 3.63) is 33.8 Å². The number of carbonyl (C=O) groups is 1. The van der Waals surface area contributed by atoms with Gasteiger partial charge in [-0.3, -0.25) is 4.79 Å². The van der Waals surface area contributed by atoms with Gasteiger partial charge in [0.25, 0.3) is 5.91 Å². The van der Waals surface area contributed by atoms with Crippen molar-refractivity contribution in [1.29, 1.82) is 0 Å². The molecule has 0 radical (unpaired) electrons. The first kappa shape index (κ1) is 12.7. The predicted molar refractivity (Wildman–Crippen MR) is 70.8 cm³/mol. The number of nitrogens with zero attached hydrogens (tertiary/aromatic N) is 1. The quantitative estimate of drug-likeness (QED) is 0.760. The molecular formula is C13H15Cl2NO. The van der Waals surface area contributed by atoms with Gasteiger partial charge in [-0.15, -0.1) is 0 Å². The van der Waals surface area contributed by atoms with Crippen molar-refractivity contribution in [2.45, 2.75) is 19.8 Å². The maximum Gasteiger partial charge on any atom is 0.255 e. The lowest BCUT2D eigenvalue weighted by Crippen LogP contribution is -2.39. The summed E-state index contributed by atoms with van der Waals surface area (Å²) in [6, 6.07) is 5.02. The Morgan fingerprint density at radius 3 is 2.82 bits per heavy atom. The summed E-state index contributed by atoms with van der Waals surface area (Å²) in [4.78, 5) is 14.2. The smallest absolute Gasteiger partial charge is 0.255 e. The van der Waals surface area contributed by atoms with Gasteiger partial charge in [-0.25, -0.2) is 0 Å². The van der Waals surface area contributed by atoms with Gasteiger partial charge in [-0.1, -0.05) is 30.1 Å². The lowest BCUT2D eigenvalue weighted by atomic mass is 9.99. The van der Waals surface area contributed by atoms with Crippen molar-refractivity contribution in [1.82, 2.24) is 4.90 Å². The molecular weight excluding hydrogens is 257 g/mol. The summed E-state index contributed by atoms with van der Waals surface area (Å²) < 4.78 is 0. The molecule has 1 fully saturated rings. The maximum absolute atomic E-state index is 12.3. The highest BCUT2D eigenvalue weighted by Crippen LogP contribution is 2.24. The third kappa shape index (κ3) is 2.93. The summed E-state index contributed by atoms with van der Waals surface area (Å²) in [5.74, 6) is 0.581. The maximum atomic E-state index is 12.3. The number of hydrogen-bond acceptors (Lipinski definition) is 1. The first-order valence-electron chi connectivity index (χ1n) is 5.82. The molecule has 0 aliphatic carbocycles. The van der Waals surface area contributed by atoms with E-state index in [0.29, 0.717) is 21.5 Å². The second-order valence-corrected chi connectivity index (χ2v) is 5.47. The third-order valence-electron chi connectivity index (χ3n) is 3.11. The molecule has 0 unspecified atom stereocenters. The van der Waals surface area contributed by atoms with E-state index in [4.69, 9.17) is 23.2 Å². The van der Waals surface area contributed by atoms with E-state index < -0.39 is 0 Å². The zero-order chi connectivity index (χ0) is 12.4. The average molecular weight is 272 g/mol. The van der Waals surface area contributed by atoms with Gasteiger partial charge in [0.1, 0.15) is 0 Å². The molecule has 0 saturated carbocycles. The molecule has 1 aliphatic rings. The van der Waals surface area contributed by atoms with Gasteiger partial charge < -0.3 is 4.90 Å². The number of piperidine rings is 1. The average Bonchev–Trinajstić information content (AvgIpc) is 2.28. The largest absolute Gasteiger partial charge is 0.338 e. The summed E-state index contributed by atoms with van der Waals surface area (Å²) in [5, 5.41) is 0.985. The van der Waals surface area contributed by atoms with Crippen molar-refractivity contribution in [2.24, 2.45) is 5.92 Å². The second kappa shape index (κ2) is 5.28. The first-order chi connectivity index (χ1) is 8.08. The lowest BCUT2D eigenvalue weighted by molar-refractivity contribution is 0.0683. The molecule has 1 aromatic rings. The normalized spacial score (nSPS) is 20.4. The van der Waals surface area contributed by atoms with E-state index in [1.165, 1.54) is 6.42 Å². The number of halogens is 2. The van der Waals surface area contributed by atoms with Crippen LogP contribution in [0.4, 0.5) is 0 Å². The molecule has 2 rings (SSSR count). The highest BCUT2D eigenvalue weighted by atomic mass is 35.5. The van der Waals surface area contributed by atoms with Crippen molar-refractivity contribution in [2.75, 3.05) is 13.1 Å².